The second-order valence-electron chi connectivity index (χ2n) is 3.55. The summed E-state index contributed by atoms with van der Waals surface area (Å²) in [5.74, 6) is 1.21. The number of rotatable bonds is 6. The number of carbonyl (C=O) groups is 1. The Kier molecular flexibility index (Phi) is 5.97. The van der Waals surface area contributed by atoms with Crippen LogP contribution in [0.15, 0.2) is 6.20 Å². The maximum Gasteiger partial charge on any atom is 0.341 e. The summed E-state index contributed by atoms with van der Waals surface area (Å²) in [7, 11) is 0. The number of hydrogen-bond donors (Lipinski definition) is 0. The molecule has 0 aromatic carbocycles. The number of carbonyl (C=O) groups excluding carboxylic acids is 1. The van der Waals surface area contributed by atoms with Crippen LogP contribution in [0.1, 0.15) is 42.1 Å². The van der Waals surface area contributed by atoms with E-state index in [4.69, 9.17) is 4.74 Å². The van der Waals surface area contributed by atoms with Gasteiger partial charge in [-0.3, -0.25) is 0 Å². The number of thioether (sulfide) groups is 1. The molecule has 17 heavy (non-hydrogen) atoms. The van der Waals surface area contributed by atoms with Gasteiger partial charge >= 0.3 is 5.97 Å². The molecule has 0 unspecified atom stereocenters. The molecule has 0 radical (unpaired) electrons. The second kappa shape index (κ2) is 7.27. The van der Waals surface area contributed by atoms with Gasteiger partial charge in [-0.2, -0.15) is 11.8 Å². The summed E-state index contributed by atoms with van der Waals surface area (Å²) in [5.41, 5.74) is 1.29. The summed E-state index contributed by atoms with van der Waals surface area (Å²) in [6, 6.07) is 0. The third kappa shape index (κ3) is 4.00. The highest BCUT2D eigenvalue weighted by Crippen LogP contribution is 2.12. The molecule has 0 spiro atoms. The van der Waals surface area contributed by atoms with E-state index in [0.29, 0.717) is 12.2 Å². The number of ether oxygens (including phenoxy) is 1. The first-order chi connectivity index (χ1) is 8.22. The van der Waals surface area contributed by atoms with E-state index in [-0.39, 0.29) is 5.97 Å². The van der Waals surface area contributed by atoms with E-state index in [2.05, 4.69) is 16.9 Å². The second-order valence-corrected chi connectivity index (χ2v) is 4.42. The lowest BCUT2D eigenvalue weighted by Crippen LogP contribution is -2.12. The van der Waals surface area contributed by atoms with E-state index in [9.17, 15) is 4.79 Å². The lowest BCUT2D eigenvalue weighted by molar-refractivity contribution is 0.0524. The molecule has 0 saturated carbocycles. The Hall–Kier alpha value is -1.10. The molecular formula is C12H18N2O2S. The van der Waals surface area contributed by atoms with Crippen molar-refractivity contribution in [3.63, 3.8) is 0 Å². The molecule has 0 aliphatic carbocycles. The van der Waals surface area contributed by atoms with Gasteiger partial charge in [0.2, 0.25) is 0 Å². The van der Waals surface area contributed by atoms with Crippen LogP contribution < -0.4 is 0 Å². The minimum absolute atomic E-state index is 0.327. The number of hydrogen-bond acceptors (Lipinski definition) is 5. The van der Waals surface area contributed by atoms with Gasteiger partial charge in [-0.05, 0) is 19.6 Å². The highest BCUT2D eigenvalue weighted by atomic mass is 32.2. The van der Waals surface area contributed by atoms with E-state index in [0.717, 1.165) is 30.1 Å². The molecule has 0 N–H and O–H groups in total. The van der Waals surface area contributed by atoms with E-state index >= 15 is 0 Å². The Balaban J connectivity index is 2.98. The highest BCUT2D eigenvalue weighted by Gasteiger charge is 2.14. The standard InChI is InChI=1S/C12H18N2O2S/c1-4-6-10-9(12(15)16-5-2)7-13-11(14-10)8-17-3/h7H,4-6,8H2,1-3H3. The highest BCUT2D eigenvalue weighted by molar-refractivity contribution is 7.97. The molecule has 0 aliphatic rings. The van der Waals surface area contributed by atoms with Crippen LogP contribution in [0.3, 0.4) is 0 Å². The third-order valence-corrected chi connectivity index (χ3v) is 2.72. The van der Waals surface area contributed by atoms with Crippen LogP contribution in [-0.4, -0.2) is 28.8 Å². The predicted molar refractivity (Wildman–Crippen MR) is 69.2 cm³/mol. The quantitative estimate of drug-likeness (QED) is 0.730. The van der Waals surface area contributed by atoms with Crippen LogP contribution in [-0.2, 0) is 16.9 Å². The van der Waals surface area contributed by atoms with E-state index in [1.54, 1.807) is 24.9 Å². The average molecular weight is 254 g/mol. The molecule has 0 amide bonds. The van der Waals surface area contributed by atoms with Gasteiger partial charge in [-0.15, -0.1) is 0 Å². The fourth-order valence-corrected chi connectivity index (χ4v) is 1.86. The fraction of sp³-hybridized carbons (Fsp3) is 0.583. The molecule has 0 fully saturated rings. The molecule has 1 aromatic rings. The lowest BCUT2D eigenvalue weighted by Gasteiger charge is -2.08. The van der Waals surface area contributed by atoms with E-state index < -0.39 is 0 Å². The molecule has 0 atom stereocenters. The molecule has 0 saturated heterocycles. The Morgan fingerprint density at radius 3 is 2.82 bits per heavy atom. The van der Waals surface area contributed by atoms with Crippen molar-refractivity contribution in [3.8, 4) is 0 Å². The molecular weight excluding hydrogens is 236 g/mol. The van der Waals surface area contributed by atoms with Gasteiger partial charge in [-0.25, -0.2) is 14.8 Å². The van der Waals surface area contributed by atoms with Crippen molar-refractivity contribution in [3.05, 3.63) is 23.3 Å². The van der Waals surface area contributed by atoms with Crippen molar-refractivity contribution < 1.29 is 9.53 Å². The molecule has 1 rings (SSSR count). The van der Waals surface area contributed by atoms with E-state index in [1.807, 2.05) is 6.26 Å². The molecule has 5 heteroatoms. The van der Waals surface area contributed by atoms with Gasteiger partial charge in [0, 0.05) is 6.20 Å². The summed E-state index contributed by atoms with van der Waals surface area (Å²) in [5, 5.41) is 0. The van der Waals surface area contributed by atoms with Crippen LogP contribution in [0.5, 0.6) is 0 Å². The Bertz CT molecular complexity index is 383. The Labute approximate surface area is 106 Å². The van der Waals surface area contributed by atoms with Crippen molar-refractivity contribution >= 4 is 17.7 Å². The van der Waals surface area contributed by atoms with Gasteiger partial charge in [0.25, 0.3) is 0 Å². The molecule has 0 aliphatic heterocycles. The lowest BCUT2D eigenvalue weighted by atomic mass is 10.1. The molecule has 1 heterocycles. The molecule has 4 nitrogen and oxygen atoms in total. The predicted octanol–water partition coefficient (Wildman–Crippen LogP) is 2.47. The van der Waals surface area contributed by atoms with Gasteiger partial charge in [0.1, 0.15) is 5.82 Å². The minimum atomic E-state index is -0.327. The maximum absolute atomic E-state index is 11.7. The Morgan fingerprint density at radius 1 is 1.47 bits per heavy atom. The number of aryl methyl sites for hydroxylation is 1. The number of nitrogens with zero attached hydrogens (tertiary/aromatic N) is 2. The first kappa shape index (κ1) is 14.0. The summed E-state index contributed by atoms with van der Waals surface area (Å²) < 4.78 is 4.99. The zero-order valence-electron chi connectivity index (χ0n) is 10.5. The zero-order valence-corrected chi connectivity index (χ0v) is 11.3. The summed E-state index contributed by atoms with van der Waals surface area (Å²) in [6.07, 6.45) is 5.31. The molecule has 1 aromatic heterocycles. The summed E-state index contributed by atoms with van der Waals surface area (Å²) in [4.78, 5) is 20.3. The summed E-state index contributed by atoms with van der Waals surface area (Å²) >= 11 is 1.66. The van der Waals surface area contributed by atoms with Crippen molar-refractivity contribution in [1.29, 1.82) is 0 Å². The number of esters is 1. The average Bonchev–Trinajstić information content (AvgIpc) is 2.30. The zero-order chi connectivity index (χ0) is 12.7. The summed E-state index contributed by atoms with van der Waals surface area (Å²) in [6.45, 7) is 4.22. The smallest absolute Gasteiger partial charge is 0.341 e. The minimum Gasteiger partial charge on any atom is -0.462 e. The first-order valence-corrected chi connectivity index (χ1v) is 7.13. The van der Waals surface area contributed by atoms with Gasteiger partial charge < -0.3 is 4.74 Å². The van der Waals surface area contributed by atoms with Gasteiger partial charge in [0.15, 0.2) is 0 Å². The van der Waals surface area contributed by atoms with Crippen molar-refractivity contribution in [2.24, 2.45) is 0 Å². The third-order valence-electron chi connectivity index (χ3n) is 2.17. The largest absolute Gasteiger partial charge is 0.462 e. The normalized spacial score (nSPS) is 10.3. The van der Waals surface area contributed by atoms with Crippen LogP contribution in [0.2, 0.25) is 0 Å². The van der Waals surface area contributed by atoms with Crippen LogP contribution in [0, 0.1) is 0 Å². The van der Waals surface area contributed by atoms with Crippen LogP contribution in [0.4, 0.5) is 0 Å². The topological polar surface area (TPSA) is 52.1 Å². The Morgan fingerprint density at radius 2 is 2.24 bits per heavy atom. The van der Waals surface area contributed by atoms with Crippen molar-refractivity contribution in [2.75, 3.05) is 12.9 Å². The maximum atomic E-state index is 11.7. The fourth-order valence-electron chi connectivity index (χ4n) is 1.46. The SMILES string of the molecule is CCCc1nc(CSC)ncc1C(=O)OCC. The number of aromatic nitrogens is 2. The first-order valence-electron chi connectivity index (χ1n) is 5.73. The van der Waals surface area contributed by atoms with Crippen LogP contribution >= 0.6 is 11.8 Å². The van der Waals surface area contributed by atoms with Crippen molar-refractivity contribution in [1.82, 2.24) is 9.97 Å². The molecule has 0 bridgehead atoms. The van der Waals surface area contributed by atoms with Gasteiger partial charge in [-0.1, -0.05) is 13.3 Å². The molecule has 94 valence electrons. The van der Waals surface area contributed by atoms with E-state index in [1.165, 1.54) is 0 Å². The van der Waals surface area contributed by atoms with Crippen molar-refractivity contribution in [2.45, 2.75) is 32.4 Å². The van der Waals surface area contributed by atoms with Crippen LogP contribution in [0.25, 0.3) is 0 Å². The monoisotopic (exact) mass is 254 g/mol. The van der Waals surface area contributed by atoms with Gasteiger partial charge in [0.05, 0.1) is 23.6 Å².